The molecule has 3 amide bonds. The average molecular weight is 276 g/mol. The van der Waals surface area contributed by atoms with Crippen LogP contribution >= 0.6 is 0 Å². The molecule has 2 N–H and O–H groups in total. The quantitative estimate of drug-likeness (QED) is 0.824. The van der Waals surface area contributed by atoms with E-state index in [9.17, 15) is 9.59 Å². The summed E-state index contributed by atoms with van der Waals surface area (Å²) in [6.45, 7) is 3.34. The van der Waals surface area contributed by atoms with Crippen LogP contribution in [0.5, 0.6) is 0 Å². The summed E-state index contributed by atoms with van der Waals surface area (Å²) in [6, 6.07) is -0.0151. The van der Waals surface area contributed by atoms with Gasteiger partial charge in [-0.2, -0.15) is 0 Å². The van der Waals surface area contributed by atoms with Crippen molar-refractivity contribution in [1.82, 2.24) is 15.5 Å². The summed E-state index contributed by atoms with van der Waals surface area (Å²) in [5.41, 5.74) is 0.837. The number of allylic oxidation sites excluding steroid dienone is 3. The van der Waals surface area contributed by atoms with E-state index in [0.717, 1.165) is 38.0 Å². The lowest BCUT2D eigenvalue weighted by Crippen LogP contribution is -2.48. The number of urea groups is 1. The smallest absolute Gasteiger partial charge is 0.319 e. The molecule has 0 bridgehead atoms. The fourth-order valence-electron chi connectivity index (χ4n) is 2.46. The minimum absolute atomic E-state index is 0.149. The number of likely N-dealkylation sites (tertiary alicyclic amines) is 1. The lowest BCUT2D eigenvalue weighted by molar-refractivity contribution is -0.131. The molecule has 0 aromatic rings. The zero-order chi connectivity index (χ0) is 14.4. The van der Waals surface area contributed by atoms with Crippen molar-refractivity contribution >= 4 is 11.9 Å². The monoisotopic (exact) mass is 276 g/mol. The van der Waals surface area contributed by atoms with Gasteiger partial charge in [-0.15, -0.1) is 0 Å². The molecule has 1 aliphatic carbocycles. The van der Waals surface area contributed by atoms with Crippen molar-refractivity contribution in [2.24, 2.45) is 0 Å². The Morgan fingerprint density at radius 3 is 2.70 bits per heavy atom. The maximum Gasteiger partial charge on any atom is 0.319 e. The summed E-state index contributed by atoms with van der Waals surface area (Å²) in [5, 5.41) is 5.81. The number of carbonyl (C=O) groups is 2. The van der Waals surface area contributed by atoms with Gasteiger partial charge < -0.3 is 15.5 Å². The number of nitrogens with zero attached hydrogens (tertiary/aromatic N) is 1. The zero-order valence-corrected chi connectivity index (χ0v) is 11.9. The highest BCUT2D eigenvalue weighted by Crippen LogP contribution is 2.11. The molecule has 2 rings (SSSR count). The predicted octanol–water partition coefficient (Wildman–Crippen LogP) is 1.73. The summed E-state index contributed by atoms with van der Waals surface area (Å²) in [4.78, 5) is 25.3. The third-order valence-electron chi connectivity index (χ3n) is 3.63. The number of amides is 3. The van der Waals surface area contributed by atoms with E-state index in [1.165, 1.54) is 0 Å². The van der Waals surface area contributed by atoms with E-state index in [4.69, 9.17) is 0 Å². The van der Waals surface area contributed by atoms with Gasteiger partial charge in [0.25, 0.3) is 0 Å². The molecule has 0 unspecified atom stereocenters. The molecule has 0 atom stereocenters. The van der Waals surface area contributed by atoms with Crippen molar-refractivity contribution in [3.63, 3.8) is 0 Å². The molecule has 1 saturated heterocycles. The Balaban J connectivity index is 1.72. The molecule has 20 heavy (non-hydrogen) atoms. The lowest BCUT2D eigenvalue weighted by atomic mass is 10.0. The van der Waals surface area contributed by atoms with E-state index in [1.54, 1.807) is 0 Å². The summed E-state index contributed by atoms with van der Waals surface area (Å²) in [7, 11) is 0. The molecule has 5 heteroatoms. The molecule has 1 heterocycles. The van der Waals surface area contributed by atoms with Crippen LogP contribution in [0.4, 0.5) is 4.79 Å². The molecule has 2 aliphatic rings. The van der Waals surface area contributed by atoms with Gasteiger partial charge in [-0.25, -0.2) is 4.79 Å². The van der Waals surface area contributed by atoms with Crippen LogP contribution in [-0.2, 0) is 4.79 Å². The second-order valence-electron chi connectivity index (χ2n) is 5.10. The first kappa shape index (κ1) is 14.6. The lowest BCUT2D eigenvalue weighted by Gasteiger charge is -2.32. The Labute approximate surface area is 120 Å². The summed E-state index contributed by atoms with van der Waals surface area (Å²) in [5.74, 6) is 0.196. The van der Waals surface area contributed by atoms with Gasteiger partial charge in [-0.3, -0.25) is 4.79 Å². The van der Waals surface area contributed by atoms with Crippen LogP contribution in [0.3, 0.4) is 0 Å². The molecule has 5 nitrogen and oxygen atoms in total. The van der Waals surface area contributed by atoms with Crippen molar-refractivity contribution in [3.05, 3.63) is 30.3 Å². The first-order chi connectivity index (χ1) is 9.69. The maximum atomic E-state index is 11.9. The first-order valence-electron chi connectivity index (χ1n) is 7.24. The van der Waals surface area contributed by atoms with Crippen molar-refractivity contribution in [2.45, 2.75) is 38.6 Å². The largest absolute Gasteiger partial charge is 0.343 e. The number of nitrogens with one attached hydrogen (secondary N) is 2. The zero-order valence-electron chi connectivity index (χ0n) is 11.9. The first-order valence-corrected chi connectivity index (χ1v) is 7.24. The van der Waals surface area contributed by atoms with Crippen LogP contribution in [0.1, 0.15) is 32.6 Å². The maximum absolute atomic E-state index is 11.9. The Morgan fingerprint density at radius 2 is 2.10 bits per heavy atom. The second kappa shape index (κ2) is 7.12. The Morgan fingerprint density at radius 1 is 1.35 bits per heavy atom. The fourth-order valence-corrected chi connectivity index (χ4v) is 2.46. The Bertz CT molecular complexity index is 421. The van der Waals surface area contributed by atoms with Gasteiger partial charge in [0.15, 0.2) is 0 Å². The van der Waals surface area contributed by atoms with Gasteiger partial charge in [0.05, 0.1) is 0 Å². The number of carbonyl (C=O) groups excluding carboxylic acids is 2. The summed E-state index contributed by atoms with van der Waals surface area (Å²) >= 11 is 0. The third-order valence-corrected chi connectivity index (χ3v) is 3.63. The molecule has 0 saturated carbocycles. The van der Waals surface area contributed by atoms with Crippen LogP contribution in [0.2, 0.25) is 0 Å². The molecular weight excluding hydrogens is 254 g/mol. The van der Waals surface area contributed by atoms with Gasteiger partial charge in [-0.05, 0) is 31.8 Å². The van der Waals surface area contributed by atoms with Crippen molar-refractivity contribution in [1.29, 1.82) is 0 Å². The van der Waals surface area contributed by atoms with Crippen LogP contribution < -0.4 is 10.6 Å². The van der Waals surface area contributed by atoms with Gasteiger partial charge in [0, 0.05) is 31.2 Å². The number of hydrogen-bond acceptors (Lipinski definition) is 2. The third kappa shape index (κ3) is 4.11. The normalized spacial score (nSPS) is 19.4. The van der Waals surface area contributed by atoms with E-state index in [0.29, 0.717) is 6.42 Å². The van der Waals surface area contributed by atoms with Gasteiger partial charge >= 0.3 is 6.03 Å². The molecule has 0 aromatic carbocycles. The number of rotatable bonds is 3. The summed E-state index contributed by atoms with van der Waals surface area (Å²) in [6.07, 6.45) is 10.9. The number of piperidine rings is 1. The van der Waals surface area contributed by atoms with E-state index in [-0.39, 0.29) is 18.0 Å². The van der Waals surface area contributed by atoms with Crippen LogP contribution in [0, 0.1) is 6.42 Å². The highest BCUT2D eigenvalue weighted by Gasteiger charge is 2.22. The molecule has 0 aromatic heterocycles. The average Bonchev–Trinajstić information content (AvgIpc) is 2.48. The van der Waals surface area contributed by atoms with Crippen LogP contribution in [0.15, 0.2) is 23.9 Å². The molecule has 1 radical (unpaired) electrons. The fraction of sp³-hybridized carbons (Fsp3) is 0.533. The molecule has 1 aliphatic heterocycles. The summed E-state index contributed by atoms with van der Waals surface area (Å²) < 4.78 is 0. The van der Waals surface area contributed by atoms with E-state index < -0.39 is 0 Å². The standard InChI is InChI=1S/C15H22N3O2/c1-2-14(19)18-10-8-13(9-11-18)17-15(20)16-12-6-4-3-5-7-12/h3-4,6-7,13H,2,5,8-11H2,1H3,(H2,16,17,20). The predicted molar refractivity (Wildman–Crippen MR) is 77.7 cm³/mol. The van der Waals surface area contributed by atoms with Crippen molar-refractivity contribution in [2.75, 3.05) is 13.1 Å². The van der Waals surface area contributed by atoms with E-state index in [2.05, 4.69) is 10.6 Å². The SMILES string of the molecule is CCC(=O)N1CCC(NC(=O)NC2=CC[CH]C=C2)CC1. The second-order valence-corrected chi connectivity index (χ2v) is 5.10. The Kier molecular flexibility index (Phi) is 5.21. The minimum Gasteiger partial charge on any atom is -0.343 e. The van der Waals surface area contributed by atoms with Crippen molar-refractivity contribution < 1.29 is 9.59 Å². The highest BCUT2D eigenvalue weighted by molar-refractivity contribution is 5.77. The minimum atomic E-state index is -0.164. The van der Waals surface area contributed by atoms with Crippen LogP contribution in [0.25, 0.3) is 0 Å². The van der Waals surface area contributed by atoms with Gasteiger partial charge in [-0.1, -0.05) is 19.1 Å². The molecular formula is C15H22N3O2. The Hall–Kier alpha value is -1.78. The van der Waals surface area contributed by atoms with E-state index in [1.807, 2.05) is 36.5 Å². The molecule has 109 valence electrons. The molecule has 1 fully saturated rings. The highest BCUT2D eigenvalue weighted by atomic mass is 16.2. The topological polar surface area (TPSA) is 61.4 Å². The molecule has 0 spiro atoms. The number of hydrogen-bond donors (Lipinski definition) is 2. The van der Waals surface area contributed by atoms with Gasteiger partial charge in [0.1, 0.15) is 0 Å². The van der Waals surface area contributed by atoms with Gasteiger partial charge in [0.2, 0.25) is 5.91 Å². The van der Waals surface area contributed by atoms with Crippen LogP contribution in [-0.4, -0.2) is 36.0 Å². The van der Waals surface area contributed by atoms with E-state index >= 15 is 0 Å². The van der Waals surface area contributed by atoms with Crippen molar-refractivity contribution in [3.8, 4) is 0 Å².